The number of halogens is 3. The molecular weight excluding hydrogens is 412 g/mol. The summed E-state index contributed by atoms with van der Waals surface area (Å²) in [6, 6.07) is 13.2. The van der Waals surface area contributed by atoms with Crippen LogP contribution in [0.3, 0.4) is 0 Å². The molecule has 3 aromatic rings. The zero-order valence-corrected chi connectivity index (χ0v) is 17.0. The molecule has 2 N–H and O–H groups in total. The third kappa shape index (κ3) is 3.08. The smallest absolute Gasteiger partial charge is 0.249 e. The fraction of sp³-hybridized carbons (Fsp3) is 0.174. The molecule has 0 spiro atoms. The zero-order valence-electron chi connectivity index (χ0n) is 16.2. The van der Waals surface area contributed by atoms with Gasteiger partial charge in [-0.2, -0.15) is 0 Å². The minimum absolute atomic E-state index is 0.0443. The molecule has 0 saturated heterocycles. The molecule has 0 aliphatic carbocycles. The minimum atomic E-state index is -0.869. The summed E-state index contributed by atoms with van der Waals surface area (Å²) in [5.41, 5.74) is 6.58. The lowest BCUT2D eigenvalue weighted by molar-refractivity contribution is 0.100. The number of hydrogen-bond donors (Lipinski definition) is 1. The van der Waals surface area contributed by atoms with Gasteiger partial charge in [-0.15, -0.1) is 0 Å². The predicted octanol–water partition coefficient (Wildman–Crippen LogP) is 5.63. The first-order valence-electron chi connectivity index (χ1n) is 9.25. The number of amides is 1. The van der Waals surface area contributed by atoms with Gasteiger partial charge in [0.15, 0.2) is 11.6 Å². The molecule has 1 aliphatic heterocycles. The summed E-state index contributed by atoms with van der Waals surface area (Å²) in [5, 5.41) is -0.312. The SMILES string of the molecule is COc1ccc(C(N)=O)c(-c2c(Cl)c(F)cc3c2[C@H](C)C(c2ccccc2)O3)c1F. The molecule has 154 valence electrons. The van der Waals surface area contributed by atoms with E-state index in [2.05, 4.69) is 0 Å². The van der Waals surface area contributed by atoms with Gasteiger partial charge < -0.3 is 15.2 Å². The lowest BCUT2D eigenvalue weighted by Crippen LogP contribution is -2.14. The Labute approximate surface area is 177 Å². The van der Waals surface area contributed by atoms with Crippen molar-refractivity contribution in [3.05, 3.63) is 81.9 Å². The number of hydrogen-bond acceptors (Lipinski definition) is 3. The van der Waals surface area contributed by atoms with Crippen molar-refractivity contribution in [1.82, 2.24) is 0 Å². The predicted molar refractivity (Wildman–Crippen MR) is 110 cm³/mol. The van der Waals surface area contributed by atoms with Gasteiger partial charge >= 0.3 is 0 Å². The molecule has 1 unspecified atom stereocenters. The van der Waals surface area contributed by atoms with E-state index in [1.165, 1.54) is 25.3 Å². The summed E-state index contributed by atoms with van der Waals surface area (Å²) >= 11 is 6.32. The summed E-state index contributed by atoms with van der Waals surface area (Å²) in [4.78, 5) is 12.1. The van der Waals surface area contributed by atoms with Crippen LogP contribution >= 0.6 is 11.6 Å². The average molecular weight is 430 g/mol. The van der Waals surface area contributed by atoms with Crippen LogP contribution in [0.4, 0.5) is 8.78 Å². The van der Waals surface area contributed by atoms with Crippen LogP contribution in [-0.2, 0) is 0 Å². The highest BCUT2D eigenvalue weighted by atomic mass is 35.5. The lowest BCUT2D eigenvalue weighted by Gasteiger charge is -2.19. The Morgan fingerprint density at radius 2 is 1.83 bits per heavy atom. The van der Waals surface area contributed by atoms with Crippen molar-refractivity contribution in [2.24, 2.45) is 5.73 Å². The minimum Gasteiger partial charge on any atom is -0.494 e. The Hall–Kier alpha value is -3.12. The number of primary amides is 1. The number of carbonyl (C=O) groups is 1. The molecule has 0 fully saturated rings. The molecule has 7 heteroatoms. The van der Waals surface area contributed by atoms with E-state index >= 15 is 4.39 Å². The van der Waals surface area contributed by atoms with E-state index in [9.17, 15) is 9.18 Å². The average Bonchev–Trinajstić information content (AvgIpc) is 3.05. The van der Waals surface area contributed by atoms with Gasteiger partial charge in [-0.05, 0) is 17.7 Å². The van der Waals surface area contributed by atoms with Crippen molar-refractivity contribution in [2.75, 3.05) is 7.11 Å². The number of nitrogens with two attached hydrogens (primary N) is 1. The molecule has 3 aromatic carbocycles. The molecule has 2 atom stereocenters. The molecule has 1 amide bonds. The fourth-order valence-electron chi connectivity index (χ4n) is 3.97. The largest absolute Gasteiger partial charge is 0.494 e. The van der Waals surface area contributed by atoms with E-state index in [0.29, 0.717) is 5.56 Å². The van der Waals surface area contributed by atoms with E-state index in [1.54, 1.807) is 0 Å². The molecule has 30 heavy (non-hydrogen) atoms. The van der Waals surface area contributed by atoms with Crippen molar-refractivity contribution < 1.29 is 23.0 Å². The van der Waals surface area contributed by atoms with Crippen LogP contribution in [0, 0.1) is 11.6 Å². The number of rotatable bonds is 4. The van der Waals surface area contributed by atoms with E-state index in [1.807, 2.05) is 37.3 Å². The first-order valence-corrected chi connectivity index (χ1v) is 9.63. The Morgan fingerprint density at radius 3 is 2.47 bits per heavy atom. The number of methoxy groups -OCH3 is 1. The number of carbonyl (C=O) groups excluding carboxylic acids is 1. The number of ether oxygens (including phenoxy) is 2. The summed E-state index contributed by atoms with van der Waals surface area (Å²) in [7, 11) is 1.29. The van der Waals surface area contributed by atoms with Crippen molar-refractivity contribution in [1.29, 1.82) is 0 Å². The molecule has 0 aromatic heterocycles. The second-order valence-electron chi connectivity index (χ2n) is 7.07. The van der Waals surface area contributed by atoms with Crippen molar-refractivity contribution in [3.8, 4) is 22.6 Å². The van der Waals surface area contributed by atoms with Crippen LogP contribution in [0.5, 0.6) is 11.5 Å². The molecule has 4 rings (SSSR count). The second kappa shape index (κ2) is 7.61. The highest BCUT2D eigenvalue weighted by molar-refractivity contribution is 6.34. The summed E-state index contributed by atoms with van der Waals surface area (Å²) < 4.78 is 41.2. The lowest BCUT2D eigenvalue weighted by atomic mass is 9.85. The Kier molecular flexibility index (Phi) is 5.12. The third-order valence-electron chi connectivity index (χ3n) is 5.36. The van der Waals surface area contributed by atoms with E-state index in [4.69, 9.17) is 26.8 Å². The molecule has 1 aliphatic rings. The third-order valence-corrected chi connectivity index (χ3v) is 5.72. The molecule has 4 nitrogen and oxygen atoms in total. The Bertz CT molecular complexity index is 1150. The van der Waals surface area contributed by atoms with Crippen LogP contribution in [0.15, 0.2) is 48.5 Å². The van der Waals surface area contributed by atoms with Crippen LogP contribution in [0.1, 0.15) is 40.4 Å². The van der Waals surface area contributed by atoms with Gasteiger partial charge in [-0.1, -0.05) is 48.9 Å². The quantitative estimate of drug-likeness (QED) is 0.584. The van der Waals surface area contributed by atoms with Gasteiger partial charge in [-0.25, -0.2) is 8.78 Å². The highest BCUT2D eigenvalue weighted by Gasteiger charge is 2.38. The number of benzene rings is 3. The maximum Gasteiger partial charge on any atom is 0.249 e. The van der Waals surface area contributed by atoms with Crippen LogP contribution in [0.25, 0.3) is 11.1 Å². The van der Waals surface area contributed by atoms with Gasteiger partial charge in [0.25, 0.3) is 0 Å². The molecule has 1 heterocycles. The Morgan fingerprint density at radius 1 is 1.13 bits per heavy atom. The summed E-state index contributed by atoms with van der Waals surface area (Å²) in [5.74, 6) is -2.68. The maximum atomic E-state index is 15.4. The molecule has 0 radical (unpaired) electrons. The van der Waals surface area contributed by atoms with E-state index in [-0.39, 0.29) is 39.1 Å². The summed E-state index contributed by atoms with van der Waals surface area (Å²) in [6.07, 6.45) is -0.427. The highest BCUT2D eigenvalue weighted by Crippen LogP contribution is 2.53. The molecule has 0 saturated carbocycles. The first kappa shape index (κ1) is 20.2. The van der Waals surface area contributed by atoms with Gasteiger partial charge in [0, 0.05) is 28.7 Å². The summed E-state index contributed by atoms with van der Waals surface area (Å²) in [6.45, 7) is 1.88. The number of fused-ring (bicyclic) bond motifs is 1. The maximum absolute atomic E-state index is 15.4. The molecular formula is C23H18ClF2NO3. The normalized spacial score (nSPS) is 17.4. The molecule has 0 bridgehead atoms. The van der Waals surface area contributed by atoms with Crippen molar-refractivity contribution >= 4 is 17.5 Å². The topological polar surface area (TPSA) is 61.5 Å². The zero-order chi connectivity index (χ0) is 21.6. The van der Waals surface area contributed by atoms with Gasteiger partial charge in [-0.3, -0.25) is 4.79 Å². The monoisotopic (exact) mass is 429 g/mol. The van der Waals surface area contributed by atoms with Crippen LogP contribution in [-0.4, -0.2) is 13.0 Å². The van der Waals surface area contributed by atoms with Crippen molar-refractivity contribution in [3.63, 3.8) is 0 Å². The van der Waals surface area contributed by atoms with E-state index in [0.717, 1.165) is 5.56 Å². The Balaban J connectivity index is 2.01. The second-order valence-corrected chi connectivity index (χ2v) is 7.44. The van der Waals surface area contributed by atoms with E-state index < -0.39 is 23.6 Å². The van der Waals surface area contributed by atoms with Crippen molar-refractivity contribution in [2.45, 2.75) is 18.9 Å². The van der Waals surface area contributed by atoms with Crippen LogP contribution in [0.2, 0.25) is 5.02 Å². The first-order chi connectivity index (χ1) is 14.3. The standard InChI is InChI=1S/C23H18ClF2NO3/c1-11-17-16(30-22(11)12-6-4-3-5-7-12)10-14(25)20(24)19(17)18-13(23(27)28)8-9-15(29-2)21(18)26/h3-11,22H,1-2H3,(H2,27,28)/t11-,22?/m0/s1. The fourth-order valence-corrected chi connectivity index (χ4v) is 4.22. The van der Waals surface area contributed by atoms with Gasteiger partial charge in [0.05, 0.1) is 17.7 Å². The van der Waals surface area contributed by atoms with Crippen LogP contribution < -0.4 is 15.2 Å². The van der Waals surface area contributed by atoms with Gasteiger partial charge in [0.2, 0.25) is 5.91 Å². The van der Waals surface area contributed by atoms with Gasteiger partial charge in [0.1, 0.15) is 17.7 Å².